The summed E-state index contributed by atoms with van der Waals surface area (Å²) >= 11 is 0. The Kier molecular flexibility index (Phi) is 4.80. The fourth-order valence-electron chi connectivity index (χ4n) is 2.83. The maximum absolute atomic E-state index is 12.6. The van der Waals surface area contributed by atoms with E-state index in [1.165, 1.54) is 0 Å². The molecule has 0 aromatic rings. The Bertz CT molecular complexity index is 284. The summed E-state index contributed by atoms with van der Waals surface area (Å²) in [6.45, 7) is 3.80. The molecule has 0 spiro atoms. The number of hydrogen-bond donors (Lipinski definition) is 1. The van der Waals surface area contributed by atoms with Crippen LogP contribution >= 0.6 is 0 Å². The van der Waals surface area contributed by atoms with Gasteiger partial charge in [0, 0.05) is 6.04 Å². The van der Waals surface area contributed by atoms with Crippen molar-refractivity contribution >= 4 is 0 Å². The number of nitrogens with two attached hydrogens (primary N) is 1. The molecule has 2 N–H and O–H groups in total. The predicted octanol–water partition coefficient (Wildman–Crippen LogP) is 4.13. The van der Waals surface area contributed by atoms with Crippen molar-refractivity contribution in [2.75, 3.05) is 0 Å². The Balaban J connectivity index is 2.86. The molecule has 0 aromatic heterocycles. The van der Waals surface area contributed by atoms with Gasteiger partial charge in [-0.2, -0.15) is 26.3 Å². The number of halogens is 6. The summed E-state index contributed by atoms with van der Waals surface area (Å²) in [6.07, 6.45) is -9.41. The lowest BCUT2D eigenvalue weighted by molar-refractivity contribution is -0.293. The Morgan fingerprint density at radius 3 is 1.74 bits per heavy atom. The lowest BCUT2D eigenvalue weighted by atomic mass is 9.71. The van der Waals surface area contributed by atoms with Crippen LogP contribution in [0.1, 0.15) is 33.1 Å². The topological polar surface area (TPSA) is 26.0 Å². The van der Waals surface area contributed by atoms with Crippen molar-refractivity contribution in [2.45, 2.75) is 51.5 Å². The summed E-state index contributed by atoms with van der Waals surface area (Å²) in [5.41, 5.74) is 5.33. The van der Waals surface area contributed by atoms with Crippen LogP contribution in [0.2, 0.25) is 0 Å². The van der Waals surface area contributed by atoms with Crippen LogP contribution in [0.5, 0.6) is 0 Å². The molecule has 19 heavy (non-hydrogen) atoms. The van der Waals surface area contributed by atoms with Gasteiger partial charge >= 0.3 is 12.4 Å². The molecule has 1 aliphatic rings. The van der Waals surface area contributed by atoms with E-state index < -0.39 is 30.2 Å². The first-order valence-corrected chi connectivity index (χ1v) is 6.33. The standard InChI is InChI=1S/C12H19F6N/c1-6-3-4-8(5-7(6)2)9(19)10(11(13,14)15)12(16,17)18/h6-10H,3-5,19H2,1-2H3. The Morgan fingerprint density at radius 1 is 0.895 bits per heavy atom. The summed E-state index contributed by atoms with van der Waals surface area (Å²) in [7, 11) is 0. The van der Waals surface area contributed by atoms with Gasteiger partial charge in [0.05, 0.1) is 0 Å². The molecule has 1 fully saturated rings. The van der Waals surface area contributed by atoms with E-state index >= 15 is 0 Å². The lowest BCUT2D eigenvalue weighted by Gasteiger charge is -2.39. The van der Waals surface area contributed by atoms with Gasteiger partial charge in [-0.3, -0.25) is 0 Å². The SMILES string of the molecule is CC1CCC(C(N)C(C(F)(F)F)C(F)(F)F)CC1C. The molecule has 0 aliphatic heterocycles. The van der Waals surface area contributed by atoms with Gasteiger partial charge < -0.3 is 5.73 Å². The average molecular weight is 291 g/mol. The molecule has 1 aliphatic carbocycles. The second-order valence-corrected chi connectivity index (χ2v) is 5.67. The molecule has 4 unspecified atom stereocenters. The molecule has 1 nitrogen and oxygen atoms in total. The zero-order valence-electron chi connectivity index (χ0n) is 10.9. The average Bonchev–Trinajstić information content (AvgIpc) is 2.17. The lowest BCUT2D eigenvalue weighted by Crippen LogP contribution is -2.53. The Morgan fingerprint density at radius 2 is 1.37 bits per heavy atom. The third-order valence-corrected chi connectivity index (χ3v) is 4.27. The van der Waals surface area contributed by atoms with Gasteiger partial charge in [-0.05, 0) is 30.6 Å². The molecule has 1 saturated carbocycles. The van der Waals surface area contributed by atoms with Crippen molar-refractivity contribution in [1.82, 2.24) is 0 Å². The minimum absolute atomic E-state index is 0.104. The van der Waals surface area contributed by atoms with Gasteiger partial charge in [0.25, 0.3) is 0 Å². The Labute approximate surface area is 108 Å². The fraction of sp³-hybridized carbons (Fsp3) is 1.00. The summed E-state index contributed by atoms with van der Waals surface area (Å²) in [5, 5.41) is 0. The van der Waals surface area contributed by atoms with Crippen LogP contribution in [0.25, 0.3) is 0 Å². The zero-order valence-corrected chi connectivity index (χ0v) is 10.9. The van der Waals surface area contributed by atoms with E-state index in [0.29, 0.717) is 25.2 Å². The third kappa shape index (κ3) is 4.00. The summed E-state index contributed by atoms with van der Waals surface area (Å²) < 4.78 is 75.6. The summed E-state index contributed by atoms with van der Waals surface area (Å²) in [6, 6.07) is -1.91. The molecule has 1 rings (SSSR count). The molecule has 7 heteroatoms. The van der Waals surface area contributed by atoms with Crippen LogP contribution in [0.4, 0.5) is 26.3 Å². The Hall–Kier alpha value is -0.460. The van der Waals surface area contributed by atoms with Gasteiger partial charge in [-0.25, -0.2) is 0 Å². The van der Waals surface area contributed by atoms with Crippen LogP contribution in [-0.4, -0.2) is 18.4 Å². The van der Waals surface area contributed by atoms with Gasteiger partial charge in [0.15, 0.2) is 5.92 Å². The summed E-state index contributed by atoms with van der Waals surface area (Å²) in [5.74, 6) is -3.73. The minimum atomic E-state index is -5.34. The van der Waals surface area contributed by atoms with Crippen LogP contribution in [0, 0.1) is 23.7 Å². The van der Waals surface area contributed by atoms with Gasteiger partial charge in [0.1, 0.15) is 0 Å². The quantitative estimate of drug-likeness (QED) is 0.761. The van der Waals surface area contributed by atoms with E-state index in [4.69, 9.17) is 5.73 Å². The van der Waals surface area contributed by atoms with Crippen LogP contribution in [-0.2, 0) is 0 Å². The molecule has 0 heterocycles. The molecule has 0 saturated heterocycles. The van der Waals surface area contributed by atoms with Crippen molar-refractivity contribution in [1.29, 1.82) is 0 Å². The second-order valence-electron chi connectivity index (χ2n) is 5.67. The smallest absolute Gasteiger partial charge is 0.327 e. The highest BCUT2D eigenvalue weighted by atomic mass is 19.4. The highest BCUT2D eigenvalue weighted by Crippen LogP contribution is 2.45. The van der Waals surface area contributed by atoms with Crippen LogP contribution in [0.3, 0.4) is 0 Å². The van der Waals surface area contributed by atoms with Gasteiger partial charge in [-0.1, -0.05) is 20.3 Å². The van der Waals surface area contributed by atoms with Crippen LogP contribution in [0.15, 0.2) is 0 Å². The fourth-order valence-corrected chi connectivity index (χ4v) is 2.83. The van der Waals surface area contributed by atoms with Gasteiger partial charge in [0.2, 0.25) is 0 Å². The minimum Gasteiger partial charge on any atom is -0.327 e. The molecule has 4 atom stereocenters. The maximum Gasteiger partial charge on any atom is 0.402 e. The van der Waals surface area contributed by atoms with Crippen molar-refractivity contribution < 1.29 is 26.3 Å². The first kappa shape index (κ1) is 16.6. The van der Waals surface area contributed by atoms with Crippen molar-refractivity contribution in [3.05, 3.63) is 0 Å². The molecular formula is C12H19F6N. The first-order valence-electron chi connectivity index (χ1n) is 6.33. The maximum atomic E-state index is 12.6. The largest absolute Gasteiger partial charge is 0.402 e. The number of alkyl halides is 6. The highest BCUT2D eigenvalue weighted by molar-refractivity contribution is 4.92. The third-order valence-electron chi connectivity index (χ3n) is 4.27. The molecule has 114 valence electrons. The van der Waals surface area contributed by atoms with Crippen molar-refractivity contribution in [3.8, 4) is 0 Å². The van der Waals surface area contributed by atoms with E-state index in [0.717, 1.165) is 0 Å². The molecule has 0 amide bonds. The predicted molar refractivity (Wildman–Crippen MR) is 59.2 cm³/mol. The van der Waals surface area contributed by atoms with E-state index in [1.807, 2.05) is 13.8 Å². The zero-order chi connectivity index (χ0) is 15.0. The van der Waals surface area contributed by atoms with E-state index in [9.17, 15) is 26.3 Å². The van der Waals surface area contributed by atoms with Crippen LogP contribution < -0.4 is 5.73 Å². The summed E-state index contributed by atoms with van der Waals surface area (Å²) in [4.78, 5) is 0. The molecular weight excluding hydrogens is 272 g/mol. The van der Waals surface area contributed by atoms with E-state index in [2.05, 4.69) is 0 Å². The molecule has 0 radical (unpaired) electrons. The second kappa shape index (κ2) is 5.50. The number of hydrogen-bond acceptors (Lipinski definition) is 1. The highest BCUT2D eigenvalue weighted by Gasteiger charge is 2.60. The van der Waals surface area contributed by atoms with Crippen molar-refractivity contribution in [2.24, 2.45) is 29.4 Å². The monoisotopic (exact) mass is 291 g/mol. The van der Waals surface area contributed by atoms with E-state index in [-0.39, 0.29) is 5.92 Å². The van der Waals surface area contributed by atoms with Gasteiger partial charge in [-0.15, -0.1) is 0 Å². The van der Waals surface area contributed by atoms with Crippen molar-refractivity contribution in [3.63, 3.8) is 0 Å². The van der Waals surface area contributed by atoms with E-state index in [1.54, 1.807) is 0 Å². The normalized spacial score (nSPS) is 31.6. The molecule has 0 bridgehead atoms. The molecule has 0 aromatic carbocycles. The first-order chi connectivity index (χ1) is 8.44. The number of rotatable bonds is 2.